The summed E-state index contributed by atoms with van der Waals surface area (Å²) in [4.78, 5) is 14.4. The van der Waals surface area contributed by atoms with Crippen molar-refractivity contribution in [3.63, 3.8) is 0 Å². The fraction of sp³-hybridized carbons (Fsp3) is 0.459. The maximum Gasteiger partial charge on any atom is 0.319 e. The molecule has 9 rings (SSSR count). The number of aromatic hydroxyl groups is 1. The predicted molar refractivity (Wildman–Crippen MR) is 177 cm³/mol. The maximum absolute atomic E-state index is 16.9. The molecule has 10 heteroatoms. The van der Waals surface area contributed by atoms with Crippen molar-refractivity contribution in [3.8, 4) is 35.2 Å². The first-order valence-corrected chi connectivity index (χ1v) is 16.8. The van der Waals surface area contributed by atoms with Gasteiger partial charge in [0, 0.05) is 72.1 Å². The third-order valence-electron chi connectivity index (χ3n) is 10.8. The SMILES string of the molecule is C#Cc1cccc2cc(O)cc(-c3ccc4c(N5CC6CCC(C5)N6)nc(OCC5(CN6CC7OCCOC7C6)CC5)nc4c3F)c12. The Hall–Kier alpha value is -4.01. The molecule has 3 aromatic carbocycles. The number of terminal acetylenes is 1. The molecule has 4 unspecified atom stereocenters. The third-order valence-corrected chi connectivity index (χ3v) is 10.8. The van der Waals surface area contributed by atoms with Gasteiger partial charge in [-0.05, 0) is 60.9 Å². The minimum atomic E-state index is -0.492. The van der Waals surface area contributed by atoms with Gasteiger partial charge in [-0.15, -0.1) is 6.42 Å². The Bertz CT molecular complexity index is 1900. The van der Waals surface area contributed by atoms with Gasteiger partial charge in [0.25, 0.3) is 0 Å². The molecule has 1 aliphatic carbocycles. The van der Waals surface area contributed by atoms with E-state index in [2.05, 4.69) is 21.0 Å². The Morgan fingerprint density at radius 1 is 1.00 bits per heavy atom. The lowest BCUT2D eigenvalue weighted by Gasteiger charge is -2.34. The van der Waals surface area contributed by atoms with E-state index in [1.165, 1.54) is 0 Å². The van der Waals surface area contributed by atoms with Gasteiger partial charge in [-0.3, -0.25) is 4.90 Å². The molecule has 5 fully saturated rings. The number of hydrogen-bond acceptors (Lipinski definition) is 9. The number of aromatic nitrogens is 2. The summed E-state index contributed by atoms with van der Waals surface area (Å²) in [7, 11) is 0. The number of phenolic OH excluding ortho intramolecular Hbond substituents is 1. The van der Waals surface area contributed by atoms with Crippen LogP contribution in [0, 0.1) is 23.6 Å². The molecule has 1 saturated carbocycles. The van der Waals surface area contributed by atoms with Crippen LogP contribution in [0.3, 0.4) is 0 Å². The molecule has 5 aliphatic rings. The number of ether oxygens (including phenoxy) is 3. The molecule has 5 heterocycles. The van der Waals surface area contributed by atoms with Crippen molar-refractivity contribution in [1.82, 2.24) is 20.2 Å². The van der Waals surface area contributed by atoms with Gasteiger partial charge in [-0.25, -0.2) is 4.39 Å². The van der Waals surface area contributed by atoms with E-state index in [1.54, 1.807) is 18.2 Å². The van der Waals surface area contributed by atoms with Crippen molar-refractivity contribution in [2.45, 2.75) is 50.0 Å². The van der Waals surface area contributed by atoms with Gasteiger partial charge < -0.3 is 29.5 Å². The Balaban J connectivity index is 1.08. The van der Waals surface area contributed by atoms with E-state index in [9.17, 15) is 5.11 Å². The zero-order valence-corrected chi connectivity index (χ0v) is 26.3. The minimum absolute atomic E-state index is 0.00657. The molecule has 4 atom stereocenters. The number of halogens is 1. The molecule has 4 aromatic rings. The molecule has 4 saturated heterocycles. The van der Waals surface area contributed by atoms with Crippen molar-refractivity contribution in [1.29, 1.82) is 0 Å². The highest BCUT2D eigenvalue weighted by Crippen LogP contribution is 2.47. The summed E-state index contributed by atoms with van der Waals surface area (Å²) in [5.74, 6) is 2.97. The first kappa shape index (κ1) is 29.2. The zero-order chi connectivity index (χ0) is 31.7. The molecule has 1 aromatic heterocycles. The largest absolute Gasteiger partial charge is 0.508 e. The summed E-state index contributed by atoms with van der Waals surface area (Å²) in [5.41, 5.74) is 1.67. The number of likely N-dealkylation sites (tertiary alicyclic amines) is 1. The molecule has 242 valence electrons. The molecule has 0 amide bonds. The molecular weight excluding hydrogens is 597 g/mol. The molecule has 9 nitrogen and oxygen atoms in total. The van der Waals surface area contributed by atoms with Gasteiger partial charge in [-0.2, -0.15) is 9.97 Å². The lowest BCUT2D eigenvalue weighted by Crippen LogP contribution is -2.51. The van der Waals surface area contributed by atoms with Crippen molar-refractivity contribution in [2.24, 2.45) is 5.41 Å². The van der Waals surface area contributed by atoms with Crippen molar-refractivity contribution in [2.75, 3.05) is 57.4 Å². The Morgan fingerprint density at radius 2 is 1.77 bits per heavy atom. The molecule has 2 N–H and O–H groups in total. The van der Waals surface area contributed by atoms with Gasteiger partial charge in [-0.1, -0.05) is 24.1 Å². The fourth-order valence-electron chi connectivity index (χ4n) is 8.24. The molecule has 47 heavy (non-hydrogen) atoms. The number of rotatable bonds is 7. The summed E-state index contributed by atoms with van der Waals surface area (Å²) in [6.45, 7) is 5.99. The van der Waals surface area contributed by atoms with E-state index in [1.807, 2.05) is 24.3 Å². The average Bonchev–Trinajstić information content (AvgIpc) is 3.59. The maximum atomic E-state index is 16.9. The van der Waals surface area contributed by atoms with E-state index >= 15 is 4.39 Å². The standard InChI is InChI=1S/C37H38FN5O4/c1-2-22-4-3-5-23-14-26(44)15-29(32(22)23)27-8-9-28-34(33(27)38)40-36(41-35(28)43-16-24-6-7-25(17-43)39-24)47-21-37(10-11-37)20-42-18-30-31(19-42)46-13-12-45-30/h1,3-5,8-9,14-15,24-25,30-31,39,44H,6-7,10-13,16-21H2. The lowest BCUT2D eigenvalue weighted by atomic mass is 9.93. The number of nitrogens with one attached hydrogen (secondary N) is 1. The van der Waals surface area contributed by atoms with Crippen LogP contribution >= 0.6 is 0 Å². The highest BCUT2D eigenvalue weighted by atomic mass is 19.1. The van der Waals surface area contributed by atoms with Crippen LogP contribution in [0.15, 0.2) is 42.5 Å². The van der Waals surface area contributed by atoms with Crippen LogP contribution in [0.5, 0.6) is 11.8 Å². The Labute approximate surface area is 273 Å². The Morgan fingerprint density at radius 3 is 2.49 bits per heavy atom. The Kier molecular flexibility index (Phi) is 7.01. The molecule has 2 bridgehead atoms. The van der Waals surface area contributed by atoms with E-state index in [-0.39, 0.29) is 34.9 Å². The van der Waals surface area contributed by atoms with Crippen LogP contribution in [0.1, 0.15) is 31.2 Å². The number of hydrogen-bond donors (Lipinski definition) is 2. The van der Waals surface area contributed by atoms with E-state index in [0.29, 0.717) is 65.2 Å². The third kappa shape index (κ3) is 5.26. The van der Waals surface area contributed by atoms with Gasteiger partial charge in [0.1, 0.15) is 17.1 Å². The minimum Gasteiger partial charge on any atom is -0.508 e. The highest BCUT2D eigenvalue weighted by Gasteiger charge is 2.48. The van der Waals surface area contributed by atoms with Crippen LogP contribution in [0.4, 0.5) is 10.2 Å². The quantitative estimate of drug-likeness (QED) is 0.286. The number of fused-ring (bicyclic) bond motifs is 5. The first-order valence-electron chi connectivity index (χ1n) is 16.8. The first-order chi connectivity index (χ1) is 22.9. The summed E-state index contributed by atoms with van der Waals surface area (Å²) in [6, 6.07) is 13.3. The number of nitrogens with zero attached hydrogens (tertiary/aromatic N) is 4. The lowest BCUT2D eigenvalue weighted by molar-refractivity contribution is -0.116. The number of anilines is 1. The fourth-order valence-corrected chi connectivity index (χ4v) is 8.24. The summed E-state index contributed by atoms with van der Waals surface area (Å²) in [5, 5.41) is 16.4. The monoisotopic (exact) mass is 635 g/mol. The topological polar surface area (TPSA) is 92.2 Å². The van der Waals surface area contributed by atoms with Gasteiger partial charge in [0.2, 0.25) is 0 Å². The van der Waals surface area contributed by atoms with Crippen LogP contribution in [0.2, 0.25) is 0 Å². The predicted octanol–water partition coefficient (Wildman–Crippen LogP) is 4.48. The van der Waals surface area contributed by atoms with E-state index < -0.39 is 5.82 Å². The second kappa shape index (κ2) is 11.3. The smallest absolute Gasteiger partial charge is 0.319 e. The van der Waals surface area contributed by atoms with Crippen LogP contribution in [-0.2, 0) is 9.47 Å². The normalized spacial score (nSPS) is 26.4. The number of piperazine rings is 1. The van der Waals surface area contributed by atoms with Crippen LogP contribution < -0.4 is 15.0 Å². The van der Waals surface area contributed by atoms with E-state index in [0.717, 1.165) is 63.8 Å². The van der Waals surface area contributed by atoms with Gasteiger partial charge >= 0.3 is 6.01 Å². The highest BCUT2D eigenvalue weighted by molar-refractivity contribution is 6.04. The molecule has 4 aliphatic heterocycles. The van der Waals surface area contributed by atoms with Gasteiger partial charge in [0.15, 0.2) is 5.82 Å². The summed E-state index contributed by atoms with van der Waals surface area (Å²) >= 11 is 0. The number of benzene rings is 3. The van der Waals surface area contributed by atoms with Gasteiger partial charge in [0.05, 0.1) is 32.0 Å². The molecule has 0 radical (unpaired) electrons. The summed E-state index contributed by atoms with van der Waals surface area (Å²) < 4.78 is 35.2. The summed E-state index contributed by atoms with van der Waals surface area (Å²) in [6.07, 6.45) is 10.5. The zero-order valence-electron chi connectivity index (χ0n) is 26.3. The van der Waals surface area contributed by atoms with Crippen molar-refractivity contribution >= 4 is 27.5 Å². The van der Waals surface area contributed by atoms with Crippen LogP contribution in [0.25, 0.3) is 32.8 Å². The number of phenols is 1. The molecular formula is C37H38FN5O4. The van der Waals surface area contributed by atoms with E-state index in [4.69, 9.17) is 30.6 Å². The second-order valence-corrected chi connectivity index (χ2v) is 14.0. The van der Waals surface area contributed by atoms with Crippen LogP contribution in [-0.4, -0.2) is 96.8 Å². The average molecular weight is 636 g/mol. The molecule has 0 spiro atoms. The second-order valence-electron chi connectivity index (χ2n) is 14.0. The van der Waals surface area contributed by atoms with Crippen molar-refractivity contribution in [3.05, 3.63) is 53.8 Å². The van der Waals surface area contributed by atoms with Crippen molar-refractivity contribution < 1.29 is 23.7 Å².